The monoisotopic (exact) mass is 194 g/mol. The van der Waals surface area contributed by atoms with Crippen molar-refractivity contribution in [2.24, 2.45) is 0 Å². The highest BCUT2D eigenvalue weighted by atomic mass is 16.4. The molecule has 0 bridgehead atoms. The Hall–Kier alpha value is -1.35. The Bertz CT molecular complexity index is 303. The summed E-state index contributed by atoms with van der Waals surface area (Å²) in [6.07, 6.45) is 0.613. The Kier molecular flexibility index (Phi) is 3.65. The summed E-state index contributed by atoms with van der Waals surface area (Å²) in [6, 6.07) is 7.30. The van der Waals surface area contributed by atoms with E-state index in [0.29, 0.717) is 6.42 Å². The van der Waals surface area contributed by atoms with E-state index in [0.717, 1.165) is 11.1 Å². The second-order valence-electron chi connectivity index (χ2n) is 3.28. The van der Waals surface area contributed by atoms with E-state index in [1.807, 2.05) is 12.1 Å². The molecule has 0 aliphatic rings. The van der Waals surface area contributed by atoms with Gasteiger partial charge in [0.1, 0.15) is 0 Å². The third-order valence-electron chi connectivity index (χ3n) is 2.25. The lowest BCUT2D eigenvalue weighted by Crippen LogP contribution is -2.07. The van der Waals surface area contributed by atoms with Gasteiger partial charge in [-0.05, 0) is 24.5 Å². The van der Waals surface area contributed by atoms with Gasteiger partial charge in [0.2, 0.25) is 0 Å². The van der Waals surface area contributed by atoms with Crippen LogP contribution in [0.5, 0.6) is 0 Å². The maximum absolute atomic E-state index is 10.7. The fourth-order valence-corrected chi connectivity index (χ4v) is 1.24. The zero-order valence-electron chi connectivity index (χ0n) is 8.10. The Morgan fingerprint density at radius 1 is 1.36 bits per heavy atom. The molecule has 0 saturated heterocycles. The first kappa shape index (κ1) is 10.7. The van der Waals surface area contributed by atoms with Crippen molar-refractivity contribution in [3.63, 3.8) is 0 Å². The minimum absolute atomic E-state index is 0.119. The molecule has 0 aliphatic heterocycles. The molecule has 1 unspecified atom stereocenters. The Morgan fingerprint density at radius 3 is 2.36 bits per heavy atom. The number of carbonyl (C=O) groups is 1. The summed E-state index contributed by atoms with van der Waals surface area (Å²) in [7, 11) is 0. The Balaban J connectivity index is 2.77. The second kappa shape index (κ2) is 4.77. The number of aliphatic carboxylic acids is 1. The summed E-state index contributed by atoms with van der Waals surface area (Å²) in [6.45, 7) is 1.78. The second-order valence-corrected chi connectivity index (χ2v) is 3.28. The van der Waals surface area contributed by atoms with Crippen LogP contribution in [0, 0.1) is 0 Å². The SMILES string of the molecule is CC(C(=O)O)c1ccc(CCO)cc1. The number of hydrogen-bond acceptors (Lipinski definition) is 2. The van der Waals surface area contributed by atoms with Crippen molar-refractivity contribution >= 4 is 5.97 Å². The molecule has 3 heteroatoms. The van der Waals surface area contributed by atoms with Gasteiger partial charge in [-0.25, -0.2) is 0 Å². The van der Waals surface area contributed by atoms with Gasteiger partial charge in [0, 0.05) is 6.61 Å². The van der Waals surface area contributed by atoms with Crippen LogP contribution in [0.2, 0.25) is 0 Å². The van der Waals surface area contributed by atoms with E-state index in [2.05, 4.69) is 0 Å². The maximum atomic E-state index is 10.7. The summed E-state index contributed by atoms with van der Waals surface area (Å²) in [4.78, 5) is 10.7. The van der Waals surface area contributed by atoms with Crippen molar-refractivity contribution in [1.29, 1.82) is 0 Å². The highest BCUT2D eigenvalue weighted by Gasteiger charge is 2.12. The number of aliphatic hydroxyl groups is 1. The predicted molar refractivity (Wildman–Crippen MR) is 53.3 cm³/mol. The van der Waals surface area contributed by atoms with Crippen molar-refractivity contribution < 1.29 is 15.0 Å². The lowest BCUT2D eigenvalue weighted by atomic mass is 9.99. The molecule has 0 radical (unpaired) electrons. The average Bonchev–Trinajstić information content (AvgIpc) is 2.18. The van der Waals surface area contributed by atoms with Crippen molar-refractivity contribution in [3.8, 4) is 0 Å². The fraction of sp³-hybridized carbons (Fsp3) is 0.364. The first-order valence-electron chi connectivity index (χ1n) is 4.57. The summed E-state index contributed by atoms with van der Waals surface area (Å²) in [5.41, 5.74) is 1.81. The summed E-state index contributed by atoms with van der Waals surface area (Å²) >= 11 is 0. The number of aliphatic hydroxyl groups excluding tert-OH is 1. The Labute approximate surface area is 83.0 Å². The van der Waals surface area contributed by atoms with Gasteiger partial charge >= 0.3 is 5.97 Å². The van der Waals surface area contributed by atoms with Gasteiger partial charge in [-0.2, -0.15) is 0 Å². The van der Waals surface area contributed by atoms with Crippen molar-refractivity contribution in [3.05, 3.63) is 35.4 Å². The smallest absolute Gasteiger partial charge is 0.310 e. The molecule has 0 heterocycles. The van der Waals surface area contributed by atoms with E-state index >= 15 is 0 Å². The number of carboxylic acids is 1. The molecule has 1 aromatic rings. The lowest BCUT2D eigenvalue weighted by Gasteiger charge is -2.06. The van der Waals surface area contributed by atoms with E-state index in [1.165, 1.54) is 0 Å². The molecule has 0 spiro atoms. The van der Waals surface area contributed by atoms with E-state index in [1.54, 1.807) is 19.1 Å². The quantitative estimate of drug-likeness (QED) is 0.761. The maximum Gasteiger partial charge on any atom is 0.310 e. The number of carboxylic acid groups (broad SMARTS) is 1. The minimum atomic E-state index is -0.820. The topological polar surface area (TPSA) is 57.5 Å². The molecule has 3 nitrogen and oxygen atoms in total. The minimum Gasteiger partial charge on any atom is -0.481 e. The largest absolute Gasteiger partial charge is 0.481 e. The van der Waals surface area contributed by atoms with Crippen LogP contribution in [0.1, 0.15) is 24.0 Å². The molecule has 14 heavy (non-hydrogen) atoms. The lowest BCUT2D eigenvalue weighted by molar-refractivity contribution is -0.138. The molecule has 2 N–H and O–H groups in total. The van der Waals surface area contributed by atoms with Crippen molar-refractivity contribution in [1.82, 2.24) is 0 Å². The predicted octanol–water partition coefficient (Wildman–Crippen LogP) is 1.41. The summed E-state index contributed by atoms with van der Waals surface area (Å²) < 4.78 is 0. The molecule has 1 atom stereocenters. The van der Waals surface area contributed by atoms with Gasteiger partial charge in [-0.15, -0.1) is 0 Å². The third kappa shape index (κ3) is 2.57. The molecular formula is C11H14O3. The van der Waals surface area contributed by atoms with Crippen LogP contribution < -0.4 is 0 Å². The zero-order valence-corrected chi connectivity index (χ0v) is 8.10. The zero-order chi connectivity index (χ0) is 10.6. The number of benzene rings is 1. The molecule has 0 aromatic heterocycles. The van der Waals surface area contributed by atoms with Crippen LogP contribution in [0.3, 0.4) is 0 Å². The third-order valence-corrected chi connectivity index (χ3v) is 2.25. The van der Waals surface area contributed by atoms with Gasteiger partial charge in [-0.1, -0.05) is 24.3 Å². The van der Waals surface area contributed by atoms with E-state index in [4.69, 9.17) is 10.2 Å². The molecule has 0 saturated carbocycles. The highest BCUT2D eigenvalue weighted by molar-refractivity contribution is 5.75. The van der Waals surface area contributed by atoms with Gasteiger partial charge in [0.25, 0.3) is 0 Å². The van der Waals surface area contributed by atoms with E-state index < -0.39 is 11.9 Å². The normalized spacial score (nSPS) is 12.4. The van der Waals surface area contributed by atoms with Gasteiger partial charge < -0.3 is 10.2 Å². The molecule has 0 amide bonds. The van der Waals surface area contributed by atoms with Crippen LogP contribution in [0.25, 0.3) is 0 Å². The highest BCUT2D eigenvalue weighted by Crippen LogP contribution is 2.16. The van der Waals surface area contributed by atoms with E-state index in [-0.39, 0.29) is 6.61 Å². The van der Waals surface area contributed by atoms with Gasteiger partial charge in [0.05, 0.1) is 5.92 Å². The summed E-state index contributed by atoms with van der Waals surface area (Å²) in [5, 5.41) is 17.5. The van der Waals surface area contributed by atoms with E-state index in [9.17, 15) is 4.79 Å². The number of hydrogen-bond donors (Lipinski definition) is 2. The summed E-state index contributed by atoms with van der Waals surface area (Å²) in [5.74, 6) is -1.29. The van der Waals surface area contributed by atoms with Crippen LogP contribution in [0.15, 0.2) is 24.3 Å². The first-order chi connectivity index (χ1) is 6.65. The first-order valence-corrected chi connectivity index (χ1v) is 4.57. The molecule has 1 aromatic carbocycles. The standard InChI is InChI=1S/C11H14O3/c1-8(11(13)14)10-4-2-9(3-5-10)6-7-12/h2-5,8,12H,6-7H2,1H3,(H,13,14). The molecule has 0 aliphatic carbocycles. The van der Waals surface area contributed by atoms with Crippen molar-refractivity contribution in [2.45, 2.75) is 19.3 Å². The average molecular weight is 194 g/mol. The van der Waals surface area contributed by atoms with Crippen LogP contribution in [0.4, 0.5) is 0 Å². The van der Waals surface area contributed by atoms with Crippen LogP contribution in [-0.4, -0.2) is 22.8 Å². The Morgan fingerprint density at radius 2 is 1.93 bits per heavy atom. The van der Waals surface area contributed by atoms with Crippen LogP contribution >= 0.6 is 0 Å². The fourth-order valence-electron chi connectivity index (χ4n) is 1.24. The molecule has 76 valence electrons. The molecule has 1 rings (SSSR count). The van der Waals surface area contributed by atoms with Gasteiger partial charge in [0.15, 0.2) is 0 Å². The molecule has 0 fully saturated rings. The number of rotatable bonds is 4. The van der Waals surface area contributed by atoms with Crippen molar-refractivity contribution in [2.75, 3.05) is 6.61 Å². The van der Waals surface area contributed by atoms with Crippen LogP contribution in [-0.2, 0) is 11.2 Å². The van der Waals surface area contributed by atoms with Gasteiger partial charge in [-0.3, -0.25) is 4.79 Å². The molecular weight excluding hydrogens is 180 g/mol.